The molecule has 0 aromatic heterocycles. The van der Waals surface area contributed by atoms with Gasteiger partial charge in [-0.1, -0.05) is 27.7 Å². The van der Waals surface area contributed by atoms with Gasteiger partial charge in [-0.25, -0.2) is 0 Å². The summed E-state index contributed by atoms with van der Waals surface area (Å²) in [4.78, 5) is 2.64. The van der Waals surface area contributed by atoms with Crippen molar-refractivity contribution in [2.24, 2.45) is 16.6 Å². The fraction of sp³-hybridized carbons (Fsp3) is 1.00. The molecule has 2 heteroatoms. The van der Waals surface area contributed by atoms with E-state index in [1.165, 1.54) is 32.4 Å². The standard InChI is InChI=1S/C13H26N2/c1-5-7-15-8-6-10(14)11(15)13(4)9-12(13,2)3/h10-11H,5-9,14H2,1-4H3/t10-,11-,13?/m1/s1. The maximum Gasteiger partial charge on any atom is 0.0306 e. The molecule has 3 atom stereocenters. The molecule has 88 valence electrons. The van der Waals surface area contributed by atoms with Crippen molar-refractivity contribution >= 4 is 0 Å². The van der Waals surface area contributed by atoms with Crippen molar-refractivity contribution in [3.8, 4) is 0 Å². The first-order valence-electron chi connectivity index (χ1n) is 6.42. The smallest absolute Gasteiger partial charge is 0.0306 e. The van der Waals surface area contributed by atoms with Gasteiger partial charge in [-0.15, -0.1) is 0 Å². The molecule has 2 nitrogen and oxygen atoms in total. The zero-order valence-electron chi connectivity index (χ0n) is 10.7. The fourth-order valence-electron chi connectivity index (χ4n) is 3.67. The Hall–Kier alpha value is -0.0800. The van der Waals surface area contributed by atoms with Gasteiger partial charge in [0.25, 0.3) is 0 Å². The first-order valence-corrected chi connectivity index (χ1v) is 6.42. The lowest BCUT2D eigenvalue weighted by atomic mass is 9.86. The molecule has 1 aliphatic carbocycles. The van der Waals surface area contributed by atoms with E-state index in [4.69, 9.17) is 5.73 Å². The van der Waals surface area contributed by atoms with Crippen molar-refractivity contribution in [3.63, 3.8) is 0 Å². The Balaban J connectivity index is 2.12. The van der Waals surface area contributed by atoms with E-state index in [9.17, 15) is 0 Å². The van der Waals surface area contributed by atoms with Gasteiger partial charge in [0.2, 0.25) is 0 Å². The van der Waals surface area contributed by atoms with E-state index >= 15 is 0 Å². The molecule has 0 spiro atoms. The normalized spacial score (nSPS) is 44.6. The highest BCUT2D eigenvalue weighted by molar-refractivity contribution is 5.16. The molecule has 15 heavy (non-hydrogen) atoms. The second kappa shape index (κ2) is 3.46. The third-order valence-electron chi connectivity index (χ3n) is 4.94. The molecule has 0 aromatic carbocycles. The number of likely N-dealkylation sites (tertiary alicyclic amines) is 1. The fourth-order valence-corrected chi connectivity index (χ4v) is 3.67. The SMILES string of the molecule is CCCN1CC[C@@H](N)[C@@H]1C1(C)CC1(C)C. The van der Waals surface area contributed by atoms with Crippen molar-refractivity contribution in [1.29, 1.82) is 0 Å². The average molecular weight is 210 g/mol. The van der Waals surface area contributed by atoms with Gasteiger partial charge in [-0.3, -0.25) is 4.90 Å². The van der Waals surface area contributed by atoms with E-state index < -0.39 is 0 Å². The maximum atomic E-state index is 6.31. The molecule has 0 bridgehead atoms. The number of hydrogen-bond acceptors (Lipinski definition) is 2. The molecule has 2 aliphatic rings. The van der Waals surface area contributed by atoms with Gasteiger partial charge in [-0.05, 0) is 36.6 Å². The molecular weight excluding hydrogens is 184 g/mol. The third-order valence-corrected chi connectivity index (χ3v) is 4.94. The van der Waals surface area contributed by atoms with E-state index in [0.717, 1.165) is 0 Å². The molecule has 2 N–H and O–H groups in total. The predicted octanol–water partition coefficient (Wildman–Crippen LogP) is 2.23. The highest BCUT2D eigenvalue weighted by Gasteiger charge is 2.64. The molecule has 0 amide bonds. The lowest BCUT2D eigenvalue weighted by Gasteiger charge is -2.34. The molecule has 0 aromatic rings. The quantitative estimate of drug-likeness (QED) is 0.774. The van der Waals surface area contributed by atoms with Crippen LogP contribution in [0.2, 0.25) is 0 Å². The topological polar surface area (TPSA) is 29.3 Å². The van der Waals surface area contributed by atoms with Crippen LogP contribution in [0.3, 0.4) is 0 Å². The van der Waals surface area contributed by atoms with Crippen LogP contribution in [-0.4, -0.2) is 30.1 Å². The number of nitrogens with zero attached hydrogens (tertiary/aromatic N) is 1. The van der Waals surface area contributed by atoms with Gasteiger partial charge < -0.3 is 5.73 Å². The minimum Gasteiger partial charge on any atom is -0.326 e. The molecule has 1 unspecified atom stereocenters. The van der Waals surface area contributed by atoms with Crippen LogP contribution in [0.1, 0.15) is 47.0 Å². The summed E-state index contributed by atoms with van der Waals surface area (Å²) in [5.41, 5.74) is 7.28. The van der Waals surface area contributed by atoms with Gasteiger partial charge in [-0.2, -0.15) is 0 Å². The minimum absolute atomic E-state index is 0.406. The molecule has 0 radical (unpaired) electrons. The predicted molar refractivity (Wildman–Crippen MR) is 64.7 cm³/mol. The van der Waals surface area contributed by atoms with Gasteiger partial charge in [0.15, 0.2) is 0 Å². The average Bonchev–Trinajstić information content (AvgIpc) is 2.49. The van der Waals surface area contributed by atoms with Gasteiger partial charge in [0.1, 0.15) is 0 Å². The second-order valence-corrected chi connectivity index (χ2v) is 6.41. The summed E-state index contributed by atoms with van der Waals surface area (Å²) in [5.74, 6) is 0. The van der Waals surface area contributed by atoms with Crippen molar-refractivity contribution in [3.05, 3.63) is 0 Å². The van der Waals surface area contributed by atoms with Crippen LogP contribution in [0, 0.1) is 10.8 Å². The van der Waals surface area contributed by atoms with Crippen molar-refractivity contribution in [1.82, 2.24) is 4.90 Å². The largest absolute Gasteiger partial charge is 0.326 e. The molecule has 1 saturated heterocycles. The van der Waals surface area contributed by atoms with Crippen LogP contribution in [0.5, 0.6) is 0 Å². The van der Waals surface area contributed by atoms with Crippen LogP contribution in [0.15, 0.2) is 0 Å². The maximum absolute atomic E-state index is 6.31. The van der Waals surface area contributed by atoms with Crippen molar-refractivity contribution in [2.45, 2.75) is 59.0 Å². The zero-order valence-corrected chi connectivity index (χ0v) is 10.7. The Morgan fingerprint density at radius 1 is 1.33 bits per heavy atom. The second-order valence-electron chi connectivity index (χ2n) is 6.41. The highest BCUT2D eigenvalue weighted by Crippen LogP contribution is 2.67. The summed E-state index contributed by atoms with van der Waals surface area (Å²) in [7, 11) is 0. The highest BCUT2D eigenvalue weighted by atomic mass is 15.2. The lowest BCUT2D eigenvalue weighted by molar-refractivity contribution is 0.149. The first kappa shape index (κ1) is 11.4. The number of nitrogens with two attached hydrogens (primary N) is 1. The van der Waals surface area contributed by atoms with E-state index in [2.05, 4.69) is 32.6 Å². The summed E-state index contributed by atoms with van der Waals surface area (Å²) in [6.07, 6.45) is 3.79. The van der Waals surface area contributed by atoms with Crippen LogP contribution < -0.4 is 5.73 Å². The van der Waals surface area contributed by atoms with E-state index in [1.54, 1.807) is 0 Å². The van der Waals surface area contributed by atoms with Crippen LogP contribution in [-0.2, 0) is 0 Å². The summed E-state index contributed by atoms with van der Waals surface area (Å²) in [6.45, 7) is 11.9. The first-order chi connectivity index (χ1) is 6.92. The third kappa shape index (κ3) is 1.62. The molecule has 1 aliphatic heterocycles. The van der Waals surface area contributed by atoms with E-state index in [-0.39, 0.29) is 0 Å². The molecular formula is C13H26N2. The molecule has 2 fully saturated rings. The summed E-state index contributed by atoms with van der Waals surface area (Å²) in [6, 6.07) is 1.04. The van der Waals surface area contributed by atoms with Crippen molar-refractivity contribution < 1.29 is 0 Å². The van der Waals surface area contributed by atoms with Crippen LogP contribution in [0.4, 0.5) is 0 Å². The zero-order chi connectivity index (χ0) is 11.3. The Labute approximate surface area is 94.2 Å². The van der Waals surface area contributed by atoms with Gasteiger partial charge in [0.05, 0.1) is 0 Å². The Morgan fingerprint density at radius 2 is 1.93 bits per heavy atom. The van der Waals surface area contributed by atoms with E-state index in [0.29, 0.717) is 22.9 Å². The Morgan fingerprint density at radius 3 is 2.40 bits per heavy atom. The molecule has 1 heterocycles. The minimum atomic E-state index is 0.406. The summed E-state index contributed by atoms with van der Waals surface area (Å²) >= 11 is 0. The summed E-state index contributed by atoms with van der Waals surface area (Å²) in [5, 5.41) is 0. The molecule has 2 rings (SSSR count). The van der Waals surface area contributed by atoms with Crippen molar-refractivity contribution in [2.75, 3.05) is 13.1 Å². The Kier molecular flexibility index (Phi) is 2.63. The van der Waals surface area contributed by atoms with Crippen LogP contribution in [0.25, 0.3) is 0 Å². The molecule has 1 saturated carbocycles. The van der Waals surface area contributed by atoms with Crippen LogP contribution >= 0.6 is 0 Å². The number of rotatable bonds is 3. The van der Waals surface area contributed by atoms with Gasteiger partial charge >= 0.3 is 0 Å². The lowest BCUT2D eigenvalue weighted by Crippen LogP contribution is -2.46. The summed E-state index contributed by atoms with van der Waals surface area (Å²) < 4.78 is 0. The number of hydrogen-bond donors (Lipinski definition) is 1. The van der Waals surface area contributed by atoms with E-state index in [1.807, 2.05) is 0 Å². The van der Waals surface area contributed by atoms with Gasteiger partial charge in [0, 0.05) is 18.6 Å². The Bertz CT molecular complexity index is 247. The monoisotopic (exact) mass is 210 g/mol.